The predicted molar refractivity (Wildman–Crippen MR) is 96.6 cm³/mol. The van der Waals surface area contributed by atoms with Crippen LogP contribution in [0, 0.1) is 5.92 Å². The fraction of sp³-hybridized carbons (Fsp3) is 0.600. The summed E-state index contributed by atoms with van der Waals surface area (Å²) in [6.45, 7) is 8.71. The lowest BCUT2D eigenvalue weighted by Gasteiger charge is -2.23. The highest BCUT2D eigenvalue weighted by Crippen LogP contribution is 2.31. The number of rotatable bonds is 3. The minimum absolute atomic E-state index is 0.0306. The Morgan fingerprint density at radius 3 is 2.16 bits per heavy atom. The van der Waals surface area contributed by atoms with Crippen molar-refractivity contribution in [3.8, 4) is 5.75 Å². The molecule has 1 aliphatic carbocycles. The molecule has 1 saturated heterocycles. The number of hydrogen-bond donors (Lipinski definition) is 0. The third-order valence-electron chi connectivity index (χ3n) is 4.55. The fourth-order valence-electron chi connectivity index (χ4n) is 3.13. The molecular weight excluding hydrogens is 316 g/mol. The van der Waals surface area contributed by atoms with Crippen LogP contribution in [0.5, 0.6) is 5.75 Å². The van der Waals surface area contributed by atoms with Crippen molar-refractivity contribution >= 4 is 11.8 Å². The number of ether oxygens (including phenoxy) is 1. The van der Waals surface area contributed by atoms with Crippen LogP contribution in [-0.2, 0) is 4.79 Å². The Labute approximate surface area is 149 Å². The second-order valence-electron chi connectivity index (χ2n) is 7.98. The van der Waals surface area contributed by atoms with Crippen LogP contribution in [0.25, 0.3) is 0 Å². The third kappa shape index (κ3) is 4.74. The van der Waals surface area contributed by atoms with Gasteiger partial charge in [-0.1, -0.05) is 0 Å². The first kappa shape index (κ1) is 17.8. The monoisotopic (exact) mass is 344 g/mol. The van der Waals surface area contributed by atoms with E-state index in [4.69, 9.17) is 4.74 Å². The Kier molecular flexibility index (Phi) is 5.02. The first-order valence-corrected chi connectivity index (χ1v) is 9.21. The van der Waals surface area contributed by atoms with Gasteiger partial charge in [0.05, 0.1) is 0 Å². The molecule has 0 bridgehead atoms. The van der Waals surface area contributed by atoms with E-state index in [1.165, 1.54) is 0 Å². The van der Waals surface area contributed by atoms with Gasteiger partial charge in [0.1, 0.15) is 11.4 Å². The summed E-state index contributed by atoms with van der Waals surface area (Å²) in [5.41, 5.74) is 0.414. The number of carbonyl (C=O) groups excluding carboxylic acids is 2. The topological polar surface area (TPSA) is 49.9 Å². The summed E-state index contributed by atoms with van der Waals surface area (Å²) < 4.78 is 5.80. The Bertz CT molecular complexity index is 629. The number of nitrogens with zero attached hydrogens (tertiary/aromatic N) is 2. The van der Waals surface area contributed by atoms with Crippen LogP contribution >= 0.6 is 0 Å². The zero-order chi connectivity index (χ0) is 18.0. The van der Waals surface area contributed by atoms with E-state index in [0.29, 0.717) is 25.2 Å². The standard InChI is InChI=1S/C20H28N2O3/c1-20(2,3)25-17-9-7-16(8-10-17)19(24)22-12-4-11-21(13-14-22)18(23)15-5-6-15/h7-10,15H,4-6,11-14H2,1-3H3. The quantitative estimate of drug-likeness (QED) is 0.847. The lowest BCUT2D eigenvalue weighted by atomic mass is 10.1. The van der Waals surface area contributed by atoms with Crippen molar-refractivity contribution in [2.45, 2.75) is 45.6 Å². The summed E-state index contributed by atoms with van der Waals surface area (Å²) in [5, 5.41) is 0. The van der Waals surface area contributed by atoms with Gasteiger partial charge in [-0.15, -0.1) is 0 Å². The van der Waals surface area contributed by atoms with Crippen molar-refractivity contribution in [1.29, 1.82) is 0 Å². The molecule has 1 aliphatic heterocycles. The van der Waals surface area contributed by atoms with Crippen LogP contribution < -0.4 is 4.74 Å². The van der Waals surface area contributed by atoms with E-state index in [-0.39, 0.29) is 23.3 Å². The Morgan fingerprint density at radius 2 is 1.56 bits per heavy atom. The van der Waals surface area contributed by atoms with Crippen molar-refractivity contribution in [2.24, 2.45) is 5.92 Å². The van der Waals surface area contributed by atoms with Gasteiger partial charge >= 0.3 is 0 Å². The minimum Gasteiger partial charge on any atom is -0.488 e. The van der Waals surface area contributed by atoms with Crippen molar-refractivity contribution in [3.05, 3.63) is 29.8 Å². The molecule has 2 aliphatic rings. The highest BCUT2D eigenvalue weighted by atomic mass is 16.5. The number of amides is 2. The average molecular weight is 344 g/mol. The van der Waals surface area contributed by atoms with Gasteiger partial charge in [0.15, 0.2) is 0 Å². The first-order valence-electron chi connectivity index (χ1n) is 9.21. The van der Waals surface area contributed by atoms with Crippen LogP contribution in [0.1, 0.15) is 50.4 Å². The summed E-state index contributed by atoms with van der Waals surface area (Å²) in [6, 6.07) is 7.33. The maximum atomic E-state index is 12.8. The Balaban J connectivity index is 1.59. The summed E-state index contributed by atoms with van der Waals surface area (Å²) in [4.78, 5) is 28.8. The summed E-state index contributed by atoms with van der Waals surface area (Å²) >= 11 is 0. The van der Waals surface area contributed by atoms with Gasteiger partial charge in [-0.05, 0) is 64.3 Å². The van der Waals surface area contributed by atoms with Gasteiger partial charge < -0.3 is 14.5 Å². The molecule has 0 spiro atoms. The van der Waals surface area contributed by atoms with E-state index in [1.807, 2.05) is 54.8 Å². The molecule has 0 N–H and O–H groups in total. The van der Waals surface area contributed by atoms with Gasteiger partial charge in [-0.3, -0.25) is 9.59 Å². The second-order valence-corrected chi connectivity index (χ2v) is 7.98. The summed E-state index contributed by atoms with van der Waals surface area (Å²) in [7, 11) is 0. The lowest BCUT2D eigenvalue weighted by Crippen LogP contribution is -2.38. The van der Waals surface area contributed by atoms with Crippen molar-refractivity contribution in [2.75, 3.05) is 26.2 Å². The lowest BCUT2D eigenvalue weighted by molar-refractivity contribution is -0.132. The van der Waals surface area contributed by atoms with Gasteiger partial charge in [0.25, 0.3) is 5.91 Å². The van der Waals surface area contributed by atoms with Crippen molar-refractivity contribution in [1.82, 2.24) is 9.80 Å². The highest BCUT2D eigenvalue weighted by molar-refractivity contribution is 5.94. The molecular formula is C20H28N2O3. The van der Waals surface area contributed by atoms with Crippen molar-refractivity contribution < 1.29 is 14.3 Å². The molecule has 0 radical (unpaired) electrons. The molecule has 0 unspecified atom stereocenters. The minimum atomic E-state index is -0.256. The molecule has 5 heteroatoms. The van der Waals surface area contributed by atoms with E-state index < -0.39 is 0 Å². The molecule has 5 nitrogen and oxygen atoms in total. The molecule has 1 saturated carbocycles. The number of hydrogen-bond acceptors (Lipinski definition) is 3. The average Bonchev–Trinajstić information content (AvgIpc) is 3.39. The SMILES string of the molecule is CC(C)(C)Oc1ccc(C(=O)N2CCCN(C(=O)C3CC3)CC2)cc1. The molecule has 1 aromatic carbocycles. The van der Waals surface area contributed by atoms with Gasteiger partial charge in [-0.25, -0.2) is 0 Å². The fourth-order valence-corrected chi connectivity index (χ4v) is 3.13. The molecule has 3 rings (SSSR count). The van der Waals surface area contributed by atoms with Gasteiger partial charge in [0.2, 0.25) is 5.91 Å². The van der Waals surface area contributed by atoms with Crippen LogP contribution in [-0.4, -0.2) is 53.4 Å². The van der Waals surface area contributed by atoms with Gasteiger partial charge in [0, 0.05) is 37.7 Å². The molecule has 1 aromatic rings. The van der Waals surface area contributed by atoms with Crippen molar-refractivity contribution in [3.63, 3.8) is 0 Å². The molecule has 136 valence electrons. The maximum absolute atomic E-state index is 12.8. The molecule has 1 heterocycles. The van der Waals surface area contributed by atoms with Crippen LogP contribution in [0.15, 0.2) is 24.3 Å². The number of benzene rings is 1. The summed E-state index contributed by atoms with van der Waals surface area (Å²) in [6.07, 6.45) is 2.90. The molecule has 2 fully saturated rings. The van der Waals surface area contributed by atoms with E-state index in [9.17, 15) is 9.59 Å². The third-order valence-corrected chi connectivity index (χ3v) is 4.55. The largest absolute Gasteiger partial charge is 0.488 e. The van der Waals surface area contributed by atoms with E-state index in [1.54, 1.807) is 0 Å². The smallest absolute Gasteiger partial charge is 0.253 e. The molecule has 2 amide bonds. The highest BCUT2D eigenvalue weighted by Gasteiger charge is 2.34. The van der Waals surface area contributed by atoms with Crippen LogP contribution in [0.3, 0.4) is 0 Å². The Hall–Kier alpha value is -2.04. The zero-order valence-electron chi connectivity index (χ0n) is 15.5. The normalized spacial score (nSPS) is 18.7. The molecule has 0 atom stereocenters. The summed E-state index contributed by atoms with van der Waals surface area (Å²) in [5.74, 6) is 1.32. The zero-order valence-corrected chi connectivity index (χ0v) is 15.5. The van der Waals surface area contributed by atoms with Crippen LogP contribution in [0.2, 0.25) is 0 Å². The maximum Gasteiger partial charge on any atom is 0.253 e. The second kappa shape index (κ2) is 7.06. The van der Waals surface area contributed by atoms with E-state index in [0.717, 1.165) is 31.6 Å². The van der Waals surface area contributed by atoms with Crippen LogP contribution in [0.4, 0.5) is 0 Å². The van der Waals surface area contributed by atoms with Gasteiger partial charge in [-0.2, -0.15) is 0 Å². The molecule has 25 heavy (non-hydrogen) atoms. The molecule has 0 aromatic heterocycles. The number of carbonyl (C=O) groups is 2. The van der Waals surface area contributed by atoms with E-state index in [2.05, 4.69) is 0 Å². The Morgan fingerprint density at radius 1 is 0.960 bits per heavy atom. The predicted octanol–water partition coefficient (Wildman–Crippen LogP) is 2.95. The van der Waals surface area contributed by atoms with E-state index >= 15 is 0 Å². The first-order chi connectivity index (χ1) is 11.8.